The van der Waals surface area contributed by atoms with Crippen molar-refractivity contribution in [1.29, 1.82) is 0 Å². The van der Waals surface area contributed by atoms with Crippen molar-refractivity contribution in [2.45, 2.75) is 6.42 Å². The third-order valence-electron chi connectivity index (χ3n) is 2.71. The van der Waals surface area contributed by atoms with Gasteiger partial charge in [-0.15, -0.1) is 0 Å². The molecule has 0 bridgehead atoms. The minimum atomic E-state index is 0.185. The molecule has 2 N–H and O–H groups in total. The van der Waals surface area contributed by atoms with Crippen LogP contribution in [0.1, 0.15) is 5.56 Å². The summed E-state index contributed by atoms with van der Waals surface area (Å²) in [6, 6.07) is 10.2. The highest BCUT2D eigenvalue weighted by atomic mass is 16.2. The average Bonchev–Trinajstić information content (AvgIpc) is 2.16. The van der Waals surface area contributed by atoms with Crippen LogP contribution in [0.5, 0.6) is 0 Å². The summed E-state index contributed by atoms with van der Waals surface area (Å²) in [6.45, 7) is 2.40. The molecule has 0 aliphatic carbocycles. The van der Waals surface area contributed by atoms with Gasteiger partial charge in [0, 0.05) is 19.6 Å². The van der Waals surface area contributed by atoms with Crippen molar-refractivity contribution in [3.63, 3.8) is 0 Å². The maximum absolute atomic E-state index is 11.5. The molecule has 1 fully saturated rings. The summed E-state index contributed by atoms with van der Waals surface area (Å²) in [5.74, 6) is 0.380. The second-order valence-electron chi connectivity index (χ2n) is 3.88. The van der Waals surface area contributed by atoms with E-state index in [-0.39, 0.29) is 11.8 Å². The molecule has 2 rings (SSSR count). The van der Waals surface area contributed by atoms with Crippen molar-refractivity contribution in [2.24, 2.45) is 5.92 Å². The standard InChI is InChI=1S/C12H16N2O/c15-12(11-8-13-9-11)14-7-6-10-4-2-1-3-5-10/h1-5,11,13H,6-9H2,(H,14,15). The van der Waals surface area contributed by atoms with Crippen LogP contribution < -0.4 is 10.6 Å². The van der Waals surface area contributed by atoms with Crippen LogP contribution in [0.2, 0.25) is 0 Å². The largest absolute Gasteiger partial charge is 0.355 e. The van der Waals surface area contributed by atoms with Crippen LogP contribution in [0, 0.1) is 5.92 Å². The molecule has 0 radical (unpaired) electrons. The van der Waals surface area contributed by atoms with Gasteiger partial charge < -0.3 is 10.6 Å². The molecule has 0 atom stereocenters. The Labute approximate surface area is 89.9 Å². The van der Waals surface area contributed by atoms with Crippen molar-refractivity contribution in [1.82, 2.24) is 10.6 Å². The van der Waals surface area contributed by atoms with Crippen molar-refractivity contribution in [3.8, 4) is 0 Å². The first-order valence-electron chi connectivity index (χ1n) is 5.38. The molecule has 1 aliphatic rings. The molecular weight excluding hydrogens is 188 g/mol. The van der Waals surface area contributed by atoms with E-state index in [2.05, 4.69) is 22.8 Å². The Morgan fingerprint density at radius 2 is 2.07 bits per heavy atom. The van der Waals surface area contributed by atoms with Crippen molar-refractivity contribution < 1.29 is 4.79 Å². The summed E-state index contributed by atoms with van der Waals surface area (Å²) in [4.78, 5) is 11.5. The summed E-state index contributed by atoms with van der Waals surface area (Å²) in [5.41, 5.74) is 1.27. The molecule has 80 valence electrons. The highest BCUT2D eigenvalue weighted by molar-refractivity contribution is 5.79. The molecular formula is C12H16N2O. The minimum absolute atomic E-state index is 0.185. The van der Waals surface area contributed by atoms with E-state index in [0.29, 0.717) is 0 Å². The molecule has 0 aromatic heterocycles. The first kappa shape index (κ1) is 10.2. The fraction of sp³-hybridized carbons (Fsp3) is 0.417. The van der Waals surface area contributed by atoms with Crippen LogP contribution in [-0.2, 0) is 11.2 Å². The van der Waals surface area contributed by atoms with Crippen molar-refractivity contribution >= 4 is 5.91 Å². The second-order valence-corrected chi connectivity index (χ2v) is 3.88. The normalized spacial score (nSPS) is 15.7. The van der Waals surface area contributed by atoms with Crippen molar-refractivity contribution in [2.75, 3.05) is 19.6 Å². The monoisotopic (exact) mass is 204 g/mol. The predicted octanol–water partition coefficient (Wildman–Crippen LogP) is 0.565. The van der Waals surface area contributed by atoms with Crippen LogP contribution in [0.15, 0.2) is 30.3 Å². The lowest BCUT2D eigenvalue weighted by molar-refractivity contribution is -0.126. The fourth-order valence-corrected chi connectivity index (χ4v) is 1.59. The summed E-state index contributed by atoms with van der Waals surface area (Å²) >= 11 is 0. The van der Waals surface area contributed by atoms with Gasteiger partial charge in [-0.25, -0.2) is 0 Å². The first-order valence-corrected chi connectivity index (χ1v) is 5.38. The summed E-state index contributed by atoms with van der Waals surface area (Å²) in [5, 5.41) is 6.04. The van der Waals surface area contributed by atoms with Gasteiger partial charge in [0.15, 0.2) is 0 Å². The Bertz CT molecular complexity index is 320. The number of benzene rings is 1. The van der Waals surface area contributed by atoms with Gasteiger partial charge >= 0.3 is 0 Å². The highest BCUT2D eigenvalue weighted by Crippen LogP contribution is 2.02. The van der Waals surface area contributed by atoms with Crippen LogP contribution in [0.25, 0.3) is 0 Å². The van der Waals surface area contributed by atoms with Gasteiger partial charge in [-0.2, -0.15) is 0 Å². The molecule has 1 aromatic carbocycles. The lowest BCUT2D eigenvalue weighted by Crippen LogP contribution is -2.51. The van der Waals surface area contributed by atoms with Gasteiger partial charge in [-0.1, -0.05) is 30.3 Å². The number of hydrogen-bond donors (Lipinski definition) is 2. The molecule has 1 amide bonds. The van der Waals surface area contributed by atoms with E-state index in [9.17, 15) is 4.79 Å². The number of nitrogens with one attached hydrogen (secondary N) is 2. The lowest BCUT2D eigenvalue weighted by atomic mass is 10.0. The van der Waals surface area contributed by atoms with Gasteiger partial charge in [0.2, 0.25) is 5.91 Å². The van der Waals surface area contributed by atoms with E-state index in [1.54, 1.807) is 0 Å². The number of rotatable bonds is 4. The van der Waals surface area contributed by atoms with E-state index in [1.807, 2.05) is 18.2 Å². The van der Waals surface area contributed by atoms with Crippen LogP contribution in [-0.4, -0.2) is 25.5 Å². The van der Waals surface area contributed by atoms with Gasteiger partial charge in [-0.05, 0) is 12.0 Å². The maximum Gasteiger partial charge on any atom is 0.225 e. The molecule has 1 aliphatic heterocycles. The molecule has 0 saturated carbocycles. The minimum Gasteiger partial charge on any atom is -0.355 e. The Morgan fingerprint density at radius 1 is 1.33 bits per heavy atom. The Hall–Kier alpha value is -1.35. The van der Waals surface area contributed by atoms with Crippen LogP contribution in [0.4, 0.5) is 0 Å². The zero-order valence-electron chi connectivity index (χ0n) is 8.70. The van der Waals surface area contributed by atoms with Gasteiger partial charge in [0.05, 0.1) is 5.92 Å². The van der Waals surface area contributed by atoms with E-state index < -0.39 is 0 Å². The van der Waals surface area contributed by atoms with Gasteiger partial charge in [0.25, 0.3) is 0 Å². The number of carbonyl (C=O) groups is 1. The first-order chi connectivity index (χ1) is 7.36. The molecule has 1 saturated heterocycles. The summed E-state index contributed by atoms with van der Waals surface area (Å²) in [6.07, 6.45) is 0.909. The van der Waals surface area contributed by atoms with Gasteiger partial charge in [-0.3, -0.25) is 4.79 Å². The zero-order valence-corrected chi connectivity index (χ0v) is 8.70. The average molecular weight is 204 g/mol. The number of carbonyl (C=O) groups excluding carboxylic acids is 1. The lowest BCUT2D eigenvalue weighted by Gasteiger charge is -2.25. The Balaban J connectivity index is 1.68. The Kier molecular flexibility index (Phi) is 3.35. The molecule has 3 nitrogen and oxygen atoms in total. The fourth-order valence-electron chi connectivity index (χ4n) is 1.59. The number of hydrogen-bond acceptors (Lipinski definition) is 2. The predicted molar refractivity (Wildman–Crippen MR) is 59.5 cm³/mol. The molecule has 1 aromatic rings. The van der Waals surface area contributed by atoms with E-state index >= 15 is 0 Å². The van der Waals surface area contributed by atoms with E-state index in [0.717, 1.165) is 26.1 Å². The molecule has 1 heterocycles. The van der Waals surface area contributed by atoms with E-state index in [1.165, 1.54) is 5.56 Å². The third-order valence-corrected chi connectivity index (χ3v) is 2.71. The zero-order chi connectivity index (χ0) is 10.5. The van der Waals surface area contributed by atoms with Crippen LogP contribution in [0.3, 0.4) is 0 Å². The number of amides is 1. The summed E-state index contributed by atoms with van der Waals surface area (Å²) in [7, 11) is 0. The Morgan fingerprint density at radius 3 is 2.67 bits per heavy atom. The third kappa shape index (κ3) is 2.80. The van der Waals surface area contributed by atoms with Crippen LogP contribution >= 0.6 is 0 Å². The molecule has 0 unspecified atom stereocenters. The molecule has 3 heteroatoms. The molecule has 0 spiro atoms. The topological polar surface area (TPSA) is 41.1 Å². The summed E-state index contributed by atoms with van der Waals surface area (Å²) < 4.78 is 0. The highest BCUT2D eigenvalue weighted by Gasteiger charge is 2.23. The quantitative estimate of drug-likeness (QED) is 0.752. The molecule has 15 heavy (non-hydrogen) atoms. The second kappa shape index (κ2) is 4.94. The van der Waals surface area contributed by atoms with E-state index in [4.69, 9.17) is 0 Å². The van der Waals surface area contributed by atoms with Crippen molar-refractivity contribution in [3.05, 3.63) is 35.9 Å². The smallest absolute Gasteiger partial charge is 0.225 e. The SMILES string of the molecule is O=C(NCCc1ccccc1)C1CNC1. The van der Waals surface area contributed by atoms with Gasteiger partial charge in [0.1, 0.15) is 0 Å². The maximum atomic E-state index is 11.5.